The molecule has 2 aromatic carbocycles. The van der Waals surface area contributed by atoms with Crippen molar-refractivity contribution < 1.29 is 14.3 Å². The Labute approximate surface area is 186 Å². The third-order valence-corrected chi connectivity index (χ3v) is 6.25. The van der Waals surface area contributed by atoms with Crippen molar-refractivity contribution in [2.24, 2.45) is 0 Å². The summed E-state index contributed by atoms with van der Waals surface area (Å²) in [5.74, 6) is 1.70. The fraction of sp³-hybridized carbons (Fsp3) is 0.375. The van der Waals surface area contributed by atoms with Crippen LogP contribution in [0.2, 0.25) is 0 Å². The van der Waals surface area contributed by atoms with Crippen LogP contribution in [0.4, 0.5) is 4.79 Å². The van der Waals surface area contributed by atoms with Gasteiger partial charge in [0.2, 0.25) is 5.91 Å². The van der Waals surface area contributed by atoms with Gasteiger partial charge in [0.1, 0.15) is 24.7 Å². The second kappa shape index (κ2) is 7.85. The van der Waals surface area contributed by atoms with Crippen LogP contribution in [0.25, 0.3) is 22.2 Å². The first-order valence-electron chi connectivity index (χ1n) is 10.9. The number of imidazole rings is 1. The standard InChI is InChI=1S/C24H27N5O3/c1-15-10-18(17-4-5-20-21(12-17)26-16(2)25-20)11-19-13-29(8-9-32-23(15)19)24(31)28-7-6-27(3)22(30)14-28/h4-5,10-12H,6-9,13-14H2,1-3H3,(H,25,26). The molecule has 32 heavy (non-hydrogen) atoms. The number of ether oxygens (including phenoxy) is 1. The van der Waals surface area contributed by atoms with E-state index in [1.54, 1.807) is 21.7 Å². The Balaban J connectivity index is 1.44. The maximum atomic E-state index is 13.2. The molecule has 1 fully saturated rings. The lowest BCUT2D eigenvalue weighted by Gasteiger charge is -2.35. The van der Waals surface area contributed by atoms with Gasteiger partial charge in [0.25, 0.3) is 0 Å². The van der Waals surface area contributed by atoms with E-state index in [-0.39, 0.29) is 18.5 Å². The lowest BCUT2D eigenvalue weighted by atomic mass is 9.98. The second-order valence-corrected chi connectivity index (χ2v) is 8.62. The molecule has 1 saturated heterocycles. The Morgan fingerprint density at radius 1 is 1.03 bits per heavy atom. The maximum Gasteiger partial charge on any atom is 0.320 e. The number of urea groups is 1. The minimum Gasteiger partial charge on any atom is -0.491 e. The van der Waals surface area contributed by atoms with Gasteiger partial charge in [-0.05, 0) is 54.8 Å². The van der Waals surface area contributed by atoms with Crippen LogP contribution < -0.4 is 4.74 Å². The van der Waals surface area contributed by atoms with Gasteiger partial charge in [0, 0.05) is 25.7 Å². The number of aromatic amines is 1. The molecule has 0 atom stereocenters. The summed E-state index contributed by atoms with van der Waals surface area (Å²) in [6, 6.07) is 10.3. The molecule has 3 amide bonds. The number of hydrogen-bond donors (Lipinski definition) is 1. The second-order valence-electron chi connectivity index (χ2n) is 8.62. The molecule has 1 N–H and O–H groups in total. The van der Waals surface area contributed by atoms with Crippen molar-refractivity contribution in [3.8, 4) is 16.9 Å². The number of fused-ring (bicyclic) bond motifs is 2. The van der Waals surface area contributed by atoms with E-state index in [0.29, 0.717) is 32.8 Å². The van der Waals surface area contributed by atoms with Crippen LogP contribution in [-0.2, 0) is 11.3 Å². The Bertz CT molecular complexity index is 1220. The molecule has 0 radical (unpaired) electrons. The Hall–Kier alpha value is -3.55. The van der Waals surface area contributed by atoms with E-state index >= 15 is 0 Å². The van der Waals surface area contributed by atoms with Gasteiger partial charge in [-0.2, -0.15) is 0 Å². The summed E-state index contributed by atoms with van der Waals surface area (Å²) in [5, 5.41) is 0. The lowest BCUT2D eigenvalue weighted by molar-refractivity contribution is -0.133. The van der Waals surface area contributed by atoms with Gasteiger partial charge in [-0.15, -0.1) is 0 Å². The fourth-order valence-electron chi connectivity index (χ4n) is 4.48. The molecular formula is C24H27N5O3. The fourth-order valence-corrected chi connectivity index (χ4v) is 4.48. The highest BCUT2D eigenvalue weighted by molar-refractivity contribution is 5.85. The highest BCUT2D eigenvalue weighted by Crippen LogP contribution is 2.34. The summed E-state index contributed by atoms with van der Waals surface area (Å²) in [6.07, 6.45) is 0. The van der Waals surface area contributed by atoms with Crippen LogP contribution in [0.15, 0.2) is 30.3 Å². The van der Waals surface area contributed by atoms with Gasteiger partial charge in [-0.25, -0.2) is 9.78 Å². The minimum atomic E-state index is -0.111. The number of benzene rings is 2. The lowest BCUT2D eigenvalue weighted by Crippen LogP contribution is -2.54. The first-order valence-corrected chi connectivity index (χ1v) is 10.9. The van der Waals surface area contributed by atoms with Crippen molar-refractivity contribution in [2.45, 2.75) is 20.4 Å². The number of H-pyrrole nitrogens is 1. The largest absolute Gasteiger partial charge is 0.491 e. The van der Waals surface area contributed by atoms with Crippen molar-refractivity contribution in [2.75, 3.05) is 39.8 Å². The summed E-state index contributed by atoms with van der Waals surface area (Å²) in [5.41, 5.74) is 6.12. The summed E-state index contributed by atoms with van der Waals surface area (Å²) in [7, 11) is 1.77. The number of rotatable bonds is 1. The molecule has 5 rings (SSSR count). The number of aromatic nitrogens is 2. The SMILES string of the molecule is Cc1nc2ccc(-c3cc(C)c4c(c3)CN(C(=O)N3CCN(C)C(=O)C3)CCO4)cc2[nH]1. The number of nitrogens with one attached hydrogen (secondary N) is 1. The van der Waals surface area contributed by atoms with Crippen LogP contribution in [0, 0.1) is 13.8 Å². The van der Waals surface area contributed by atoms with E-state index in [2.05, 4.69) is 34.2 Å². The van der Waals surface area contributed by atoms with Gasteiger partial charge in [-0.1, -0.05) is 6.07 Å². The number of amides is 3. The molecule has 0 saturated carbocycles. The summed E-state index contributed by atoms with van der Waals surface area (Å²) in [4.78, 5) is 38.1. The predicted octanol–water partition coefficient (Wildman–Crippen LogP) is 2.94. The Morgan fingerprint density at radius 3 is 2.66 bits per heavy atom. The molecular weight excluding hydrogens is 406 g/mol. The number of hydrogen-bond acceptors (Lipinski definition) is 4. The molecule has 2 aliphatic rings. The number of carbonyl (C=O) groups excluding carboxylic acids is 2. The van der Waals surface area contributed by atoms with Crippen molar-refractivity contribution in [3.63, 3.8) is 0 Å². The average Bonchev–Trinajstić information content (AvgIpc) is 3.00. The number of piperazine rings is 1. The number of carbonyl (C=O) groups is 2. The van der Waals surface area contributed by atoms with Crippen molar-refractivity contribution in [1.29, 1.82) is 0 Å². The first-order chi connectivity index (χ1) is 15.4. The van der Waals surface area contributed by atoms with Gasteiger partial charge >= 0.3 is 6.03 Å². The average molecular weight is 434 g/mol. The van der Waals surface area contributed by atoms with Crippen LogP contribution in [0.1, 0.15) is 17.0 Å². The molecule has 3 aromatic rings. The summed E-state index contributed by atoms with van der Waals surface area (Å²) < 4.78 is 6.05. The molecule has 1 aromatic heterocycles. The van der Waals surface area contributed by atoms with E-state index < -0.39 is 0 Å². The van der Waals surface area contributed by atoms with E-state index in [1.807, 2.05) is 19.9 Å². The van der Waals surface area contributed by atoms with Gasteiger partial charge in [0.15, 0.2) is 0 Å². The predicted molar refractivity (Wildman–Crippen MR) is 122 cm³/mol. The zero-order chi connectivity index (χ0) is 22.4. The van der Waals surface area contributed by atoms with E-state index in [4.69, 9.17) is 4.74 Å². The van der Waals surface area contributed by atoms with Gasteiger partial charge < -0.3 is 24.4 Å². The summed E-state index contributed by atoms with van der Waals surface area (Å²) in [6.45, 7) is 6.60. The summed E-state index contributed by atoms with van der Waals surface area (Å²) >= 11 is 0. The van der Waals surface area contributed by atoms with Crippen LogP contribution >= 0.6 is 0 Å². The number of nitrogens with zero attached hydrogens (tertiary/aromatic N) is 4. The normalized spacial score (nSPS) is 16.7. The van der Waals surface area contributed by atoms with Gasteiger partial charge in [0.05, 0.1) is 24.1 Å². The van der Waals surface area contributed by atoms with Gasteiger partial charge in [-0.3, -0.25) is 4.79 Å². The molecule has 166 valence electrons. The molecule has 8 nitrogen and oxygen atoms in total. The zero-order valence-corrected chi connectivity index (χ0v) is 18.6. The Kier molecular flexibility index (Phi) is 5.00. The minimum absolute atomic E-state index is 0.0290. The molecule has 0 unspecified atom stereocenters. The molecule has 0 bridgehead atoms. The molecule has 0 aliphatic carbocycles. The Morgan fingerprint density at radius 2 is 1.84 bits per heavy atom. The molecule has 8 heteroatoms. The topological polar surface area (TPSA) is 81.8 Å². The number of likely N-dealkylation sites (N-methyl/N-ethyl adjacent to an activating group) is 1. The van der Waals surface area contributed by atoms with Crippen molar-refractivity contribution in [1.82, 2.24) is 24.7 Å². The molecule has 2 aliphatic heterocycles. The molecule has 0 spiro atoms. The van der Waals surface area contributed by atoms with Crippen LogP contribution in [-0.4, -0.2) is 76.4 Å². The highest BCUT2D eigenvalue weighted by Gasteiger charge is 2.30. The third-order valence-electron chi connectivity index (χ3n) is 6.25. The smallest absolute Gasteiger partial charge is 0.320 e. The first kappa shape index (κ1) is 20.4. The van der Waals surface area contributed by atoms with E-state index in [1.165, 1.54) is 0 Å². The quantitative estimate of drug-likeness (QED) is 0.640. The van der Waals surface area contributed by atoms with E-state index in [9.17, 15) is 9.59 Å². The van der Waals surface area contributed by atoms with E-state index in [0.717, 1.165) is 44.9 Å². The van der Waals surface area contributed by atoms with Crippen LogP contribution in [0.5, 0.6) is 5.75 Å². The third kappa shape index (κ3) is 3.66. The zero-order valence-electron chi connectivity index (χ0n) is 18.6. The number of aryl methyl sites for hydroxylation is 2. The highest BCUT2D eigenvalue weighted by atomic mass is 16.5. The monoisotopic (exact) mass is 433 g/mol. The maximum absolute atomic E-state index is 13.2. The molecule has 3 heterocycles. The van der Waals surface area contributed by atoms with Crippen molar-refractivity contribution in [3.05, 3.63) is 47.3 Å². The van der Waals surface area contributed by atoms with Crippen LogP contribution in [0.3, 0.4) is 0 Å². The van der Waals surface area contributed by atoms with Crippen molar-refractivity contribution >= 4 is 23.0 Å².